The highest BCUT2D eigenvalue weighted by Gasteiger charge is 2.07. The average molecular weight is 254 g/mol. The van der Waals surface area contributed by atoms with E-state index < -0.39 is 0 Å². The fourth-order valence-electron chi connectivity index (χ4n) is 2.13. The van der Waals surface area contributed by atoms with Gasteiger partial charge < -0.3 is 4.42 Å². The first kappa shape index (κ1) is 13.4. The van der Waals surface area contributed by atoms with Crippen LogP contribution >= 0.6 is 0 Å². The Morgan fingerprint density at radius 3 is 2.53 bits per heavy atom. The molecule has 19 heavy (non-hydrogen) atoms. The molecule has 1 aromatic carbocycles. The van der Waals surface area contributed by atoms with Gasteiger partial charge in [0.05, 0.1) is 18.2 Å². The summed E-state index contributed by atoms with van der Waals surface area (Å²) in [5.74, 6) is 1.92. The second-order valence-corrected chi connectivity index (χ2v) is 4.94. The summed E-state index contributed by atoms with van der Waals surface area (Å²) >= 11 is 0. The monoisotopic (exact) mass is 254 g/mol. The number of nitrogens with zero attached hydrogens (tertiary/aromatic N) is 2. The van der Waals surface area contributed by atoms with Crippen LogP contribution in [0.1, 0.15) is 28.2 Å². The normalized spacial score (nSPS) is 10.7. The molecular formula is C16H18N2O. The van der Waals surface area contributed by atoms with Gasteiger partial charge >= 0.3 is 0 Å². The minimum atomic E-state index is 0.713. The minimum absolute atomic E-state index is 0.713. The van der Waals surface area contributed by atoms with Crippen molar-refractivity contribution in [2.24, 2.45) is 0 Å². The maximum atomic E-state index is 8.86. The van der Waals surface area contributed by atoms with Crippen LogP contribution < -0.4 is 0 Å². The topological polar surface area (TPSA) is 40.2 Å². The minimum Gasteiger partial charge on any atom is -0.465 e. The van der Waals surface area contributed by atoms with Crippen LogP contribution in [0.4, 0.5) is 0 Å². The maximum absolute atomic E-state index is 8.86. The Morgan fingerprint density at radius 2 is 1.95 bits per heavy atom. The third kappa shape index (κ3) is 3.46. The molecule has 98 valence electrons. The van der Waals surface area contributed by atoms with E-state index in [-0.39, 0.29) is 0 Å². The van der Waals surface area contributed by atoms with Crippen LogP contribution in [0.15, 0.2) is 34.7 Å². The summed E-state index contributed by atoms with van der Waals surface area (Å²) in [7, 11) is 2.06. The Balaban J connectivity index is 2.03. The van der Waals surface area contributed by atoms with Crippen molar-refractivity contribution in [3.63, 3.8) is 0 Å². The zero-order valence-corrected chi connectivity index (χ0v) is 11.6. The van der Waals surface area contributed by atoms with Gasteiger partial charge in [0.2, 0.25) is 0 Å². The fraction of sp³-hybridized carbons (Fsp3) is 0.312. The van der Waals surface area contributed by atoms with Crippen LogP contribution in [0, 0.1) is 25.2 Å². The predicted molar refractivity (Wildman–Crippen MR) is 74.5 cm³/mol. The number of hydrogen-bond acceptors (Lipinski definition) is 3. The molecule has 1 heterocycles. The van der Waals surface area contributed by atoms with Crippen LogP contribution in [-0.2, 0) is 13.1 Å². The summed E-state index contributed by atoms with van der Waals surface area (Å²) in [6.45, 7) is 5.62. The number of furan rings is 1. The molecular weight excluding hydrogens is 236 g/mol. The molecule has 0 saturated carbocycles. The van der Waals surface area contributed by atoms with Crippen molar-refractivity contribution >= 4 is 0 Å². The standard InChI is InChI=1S/C16H18N2O/c1-12-8-14(9-17)5-6-15(12)10-18(3)11-16-7-4-13(2)19-16/h4-8H,10-11H2,1-3H3. The zero-order valence-electron chi connectivity index (χ0n) is 11.6. The van der Waals surface area contributed by atoms with Gasteiger partial charge in [0.1, 0.15) is 11.5 Å². The molecule has 0 aliphatic heterocycles. The smallest absolute Gasteiger partial charge is 0.118 e. The van der Waals surface area contributed by atoms with Crippen molar-refractivity contribution in [3.8, 4) is 6.07 Å². The Labute approximate surface area is 114 Å². The van der Waals surface area contributed by atoms with E-state index in [1.54, 1.807) is 0 Å². The number of nitriles is 1. The van der Waals surface area contributed by atoms with Gasteiger partial charge in [-0.1, -0.05) is 6.07 Å². The van der Waals surface area contributed by atoms with Gasteiger partial charge in [0.25, 0.3) is 0 Å². The van der Waals surface area contributed by atoms with Gasteiger partial charge in [-0.3, -0.25) is 4.90 Å². The molecule has 0 saturated heterocycles. The van der Waals surface area contributed by atoms with Crippen molar-refractivity contribution in [1.82, 2.24) is 4.90 Å². The average Bonchev–Trinajstić information content (AvgIpc) is 2.77. The molecule has 3 nitrogen and oxygen atoms in total. The molecule has 0 bridgehead atoms. The lowest BCUT2D eigenvalue weighted by Gasteiger charge is -2.16. The number of benzene rings is 1. The van der Waals surface area contributed by atoms with E-state index in [1.807, 2.05) is 44.2 Å². The molecule has 0 fully saturated rings. The van der Waals surface area contributed by atoms with Crippen LogP contribution in [0.25, 0.3) is 0 Å². The Morgan fingerprint density at radius 1 is 1.16 bits per heavy atom. The van der Waals surface area contributed by atoms with E-state index in [9.17, 15) is 0 Å². The summed E-state index contributed by atoms with van der Waals surface area (Å²) in [4.78, 5) is 2.20. The zero-order chi connectivity index (χ0) is 13.8. The molecule has 2 aromatic rings. The van der Waals surface area contributed by atoms with Gasteiger partial charge in [0, 0.05) is 6.54 Å². The third-order valence-electron chi connectivity index (χ3n) is 3.13. The van der Waals surface area contributed by atoms with E-state index in [1.165, 1.54) is 5.56 Å². The van der Waals surface area contributed by atoms with E-state index in [4.69, 9.17) is 9.68 Å². The van der Waals surface area contributed by atoms with Gasteiger partial charge in [-0.15, -0.1) is 0 Å². The molecule has 0 radical (unpaired) electrons. The highest BCUT2D eigenvalue weighted by molar-refractivity contribution is 5.37. The first-order valence-corrected chi connectivity index (χ1v) is 6.32. The van der Waals surface area contributed by atoms with Gasteiger partial charge in [-0.05, 0) is 56.3 Å². The second kappa shape index (κ2) is 5.73. The lowest BCUT2D eigenvalue weighted by atomic mass is 10.1. The van der Waals surface area contributed by atoms with Crippen molar-refractivity contribution in [1.29, 1.82) is 5.26 Å². The van der Waals surface area contributed by atoms with Gasteiger partial charge in [-0.25, -0.2) is 0 Å². The quantitative estimate of drug-likeness (QED) is 0.839. The first-order valence-electron chi connectivity index (χ1n) is 6.32. The largest absolute Gasteiger partial charge is 0.465 e. The molecule has 2 rings (SSSR count). The number of hydrogen-bond donors (Lipinski definition) is 0. The van der Waals surface area contributed by atoms with E-state index in [2.05, 4.69) is 18.0 Å². The molecule has 0 unspecified atom stereocenters. The Kier molecular flexibility index (Phi) is 4.03. The first-order chi connectivity index (χ1) is 9.08. The second-order valence-electron chi connectivity index (χ2n) is 4.94. The van der Waals surface area contributed by atoms with Crippen molar-refractivity contribution in [2.75, 3.05) is 7.05 Å². The third-order valence-corrected chi connectivity index (χ3v) is 3.13. The van der Waals surface area contributed by atoms with Gasteiger partial charge in [0.15, 0.2) is 0 Å². The molecule has 3 heteroatoms. The summed E-state index contributed by atoms with van der Waals surface area (Å²) in [5, 5.41) is 8.86. The molecule has 0 aliphatic rings. The maximum Gasteiger partial charge on any atom is 0.118 e. The Hall–Kier alpha value is -2.05. The summed E-state index contributed by atoms with van der Waals surface area (Å²) in [6, 6.07) is 12.0. The number of rotatable bonds is 4. The van der Waals surface area contributed by atoms with Gasteiger partial charge in [-0.2, -0.15) is 5.26 Å². The summed E-state index contributed by atoms with van der Waals surface area (Å²) in [5.41, 5.74) is 3.11. The van der Waals surface area contributed by atoms with E-state index in [0.29, 0.717) is 5.56 Å². The van der Waals surface area contributed by atoms with E-state index >= 15 is 0 Å². The van der Waals surface area contributed by atoms with Crippen LogP contribution in [0.3, 0.4) is 0 Å². The van der Waals surface area contributed by atoms with E-state index in [0.717, 1.165) is 30.2 Å². The highest BCUT2D eigenvalue weighted by atomic mass is 16.3. The van der Waals surface area contributed by atoms with Crippen molar-refractivity contribution in [2.45, 2.75) is 26.9 Å². The fourth-order valence-corrected chi connectivity index (χ4v) is 2.13. The van der Waals surface area contributed by atoms with Crippen LogP contribution in [0.5, 0.6) is 0 Å². The SMILES string of the molecule is Cc1ccc(CN(C)Cc2ccc(C#N)cc2C)o1. The lowest BCUT2D eigenvalue weighted by molar-refractivity contribution is 0.285. The van der Waals surface area contributed by atoms with Crippen molar-refractivity contribution in [3.05, 3.63) is 58.5 Å². The highest BCUT2D eigenvalue weighted by Crippen LogP contribution is 2.15. The molecule has 0 amide bonds. The summed E-state index contributed by atoms with van der Waals surface area (Å²) < 4.78 is 5.57. The lowest BCUT2D eigenvalue weighted by Crippen LogP contribution is -2.17. The molecule has 0 aliphatic carbocycles. The van der Waals surface area contributed by atoms with Crippen LogP contribution in [-0.4, -0.2) is 11.9 Å². The molecule has 0 atom stereocenters. The Bertz CT molecular complexity index is 607. The van der Waals surface area contributed by atoms with Crippen LogP contribution in [0.2, 0.25) is 0 Å². The van der Waals surface area contributed by atoms with Crippen molar-refractivity contribution < 1.29 is 4.42 Å². The predicted octanol–water partition coefficient (Wildman–Crippen LogP) is 3.40. The molecule has 0 N–H and O–H groups in total. The molecule has 1 aromatic heterocycles. The molecule has 0 spiro atoms. The summed E-state index contributed by atoms with van der Waals surface area (Å²) in [6.07, 6.45) is 0. The number of aryl methyl sites for hydroxylation is 2.